The average molecular weight is 400 g/mol. The van der Waals surface area contributed by atoms with Crippen LogP contribution in [-0.4, -0.2) is 35.1 Å². The molecule has 1 rings (SSSR count). The third-order valence-electron chi connectivity index (χ3n) is 4.54. The first-order valence-corrected chi connectivity index (χ1v) is 10.6. The lowest BCUT2D eigenvalue weighted by Crippen LogP contribution is -2.03. The zero-order chi connectivity index (χ0) is 20.3. The van der Waals surface area contributed by atoms with Gasteiger partial charge in [-0.1, -0.05) is 37.8 Å². The van der Waals surface area contributed by atoms with Gasteiger partial charge in [0.15, 0.2) is 0 Å². The van der Waals surface area contributed by atoms with E-state index < -0.39 is 22.1 Å². The Morgan fingerprint density at radius 3 is 1.70 bits per heavy atom. The first-order valence-electron chi connectivity index (χ1n) is 9.21. The van der Waals surface area contributed by atoms with Crippen LogP contribution in [-0.2, 0) is 19.7 Å². The van der Waals surface area contributed by atoms with E-state index in [-0.39, 0.29) is 23.7 Å². The fourth-order valence-corrected chi connectivity index (χ4v) is 3.56. The van der Waals surface area contributed by atoms with Crippen LogP contribution in [0.5, 0.6) is 0 Å². The predicted molar refractivity (Wildman–Crippen MR) is 100 cm³/mol. The lowest BCUT2D eigenvalue weighted by Gasteiger charge is -2.18. The first kappa shape index (κ1) is 23.1. The molecule has 0 fully saturated rings. The molecular weight excluding hydrogens is 372 g/mol. The van der Waals surface area contributed by atoms with E-state index in [9.17, 15) is 18.0 Å². The number of benzene rings is 1. The second kappa shape index (κ2) is 11.7. The smallest absolute Gasteiger partial charge is 0.303 e. The van der Waals surface area contributed by atoms with Crippen LogP contribution >= 0.6 is 0 Å². The normalized spacial score (nSPS) is 12.6. The minimum absolute atomic E-state index is 0.129. The number of carboxylic acids is 2. The van der Waals surface area contributed by atoms with E-state index in [1.54, 1.807) is 12.1 Å². The Hall–Kier alpha value is -1.93. The standard InChI is InChI=1S/C19H28O7S/c20-18(21)9-4-2-1-3-7-15(8-5-6-10-19(22)23)16-11-13-17(14-12-16)27(24,25)26/h11-15H,1-10H2,(H,20,21)(H,22,23)(H,24,25,26). The maximum atomic E-state index is 11.2. The molecule has 0 saturated heterocycles. The molecule has 0 aliphatic carbocycles. The van der Waals surface area contributed by atoms with Crippen LogP contribution in [0.1, 0.15) is 75.7 Å². The van der Waals surface area contributed by atoms with Gasteiger partial charge in [-0.25, -0.2) is 0 Å². The second-order valence-electron chi connectivity index (χ2n) is 6.73. The summed E-state index contributed by atoms with van der Waals surface area (Å²) in [5.74, 6) is -1.43. The molecule has 0 aliphatic rings. The molecule has 1 unspecified atom stereocenters. The molecule has 152 valence electrons. The van der Waals surface area contributed by atoms with Crippen molar-refractivity contribution in [2.75, 3.05) is 0 Å². The Morgan fingerprint density at radius 2 is 1.22 bits per heavy atom. The van der Waals surface area contributed by atoms with Crippen LogP contribution in [0.15, 0.2) is 29.2 Å². The van der Waals surface area contributed by atoms with Crippen LogP contribution in [0.4, 0.5) is 0 Å². The van der Waals surface area contributed by atoms with Gasteiger partial charge in [0, 0.05) is 12.8 Å². The molecule has 3 N–H and O–H groups in total. The minimum atomic E-state index is -4.22. The van der Waals surface area contributed by atoms with Gasteiger partial charge < -0.3 is 10.2 Å². The largest absolute Gasteiger partial charge is 0.481 e. The van der Waals surface area contributed by atoms with Gasteiger partial charge in [0.05, 0.1) is 4.90 Å². The summed E-state index contributed by atoms with van der Waals surface area (Å²) in [6.45, 7) is 0. The molecule has 0 aromatic heterocycles. The molecule has 27 heavy (non-hydrogen) atoms. The summed E-state index contributed by atoms with van der Waals surface area (Å²) in [7, 11) is -4.22. The molecular formula is C19H28O7S. The van der Waals surface area contributed by atoms with Gasteiger partial charge in [-0.2, -0.15) is 8.42 Å². The van der Waals surface area contributed by atoms with Crippen molar-refractivity contribution < 1.29 is 32.8 Å². The van der Waals surface area contributed by atoms with Crippen molar-refractivity contribution in [3.05, 3.63) is 29.8 Å². The molecule has 0 saturated carbocycles. The maximum absolute atomic E-state index is 11.2. The molecule has 0 radical (unpaired) electrons. The van der Waals surface area contributed by atoms with Crippen LogP contribution in [0, 0.1) is 0 Å². The predicted octanol–water partition coefficient (Wildman–Crippen LogP) is 4.09. The summed E-state index contributed by atoms with van der Waals surface area (Å²) in [5.41, 5.74) is 0.961. The van der Waals surface area contributed by atoms with Gasteiger partial charge in [-0.15, -0.1) is 0 Å². The van der Waals surface area contributed by atoms with E-state index in [0.717, 1.165) is 44.1 Å². The van der Waals surface area contributed by atoms with Gasteiger partial charge in [0.2, 0.25) is 0 Å². The molecule has 0 bridgehead atoms. The average Bonchev–Trinajstić information content (AvgIpc) is 2.58. The monoisotopic (exact) mass is 400 g/mol. The molecule has 0 heterocycles. The summed E-state index contributed by atoms with van der Waals surface area (Å²) >= 11 is 0. The highest BCUT2D eigenvalue weighted by molar-refractivity contribution is 7.85. The van der Waals surface area contributed by atoms with Crippen LogP contribution in [0.3, 0.4) is 0 Å². The van der Waals surface area contributed by atoms with Crippen molar-refractivity contribution in [2.24, 2.45) is 0 Å². The summed E-state index contributed by atoms with van der Waals surface area (Å²) in [6.07, 6.45) is 6.66. The SMILES string of the molecule is O=C(O)CCCCCCC(CCCCC(=O)O)c1ccc(S(=O)(=O)O)cc1. The molecule has 8 heteroatoms. The van der Waals surface area contributed by atoms with Gasteiger partial charge in [-0.3, -0.25) is 14.1 Å². The minimum Gasteiger partial charge on any atom is -0.481 e. The number of carbonyl (C=O) groups is 2. The Bertz CT molecular complexity index is 695. The summed E-state index contributed by atoms with van der Waals surface area (Å²) in [6, 6.07) is 6.13. The van der Waals surface area contributed by atoms with E-state index >= 15 is 0 Å². The zero-order valence-electron chi connectivity index (χ0n) is 15.3. The highest BCUT2D eigenvalue weighted by Crippen LogP contribution is 2.29. The van der Waals surface area contributed by atoms with Crippen LogP contribution in [0.25, 0.3) is 0 Å². The van der Waals surface area contributed by atoms with Crippen molar-refractivity contribution in [1.82, 2.24) is 0 Å². The van der Waals surface area contributed by atoms with E-state index in [2.05, 4.69) is 0 Å². The fraction of sp³-hybridized carbons (Fsp3) is 0.579. The summed E-state index contributed by atoms with van der Waals surface area (Å²) < 4.78 is 31.4. The Kier molecular flexibility index (Phi) is 10.0. The lowest BCUT2D eigenvalue weighted by atomic mass is 9.88. The third kappa shape index (κ3) is 10.1. The van der Waals surface area contributed by atoms with Crippen molar-refractivity contribution in [1.29, 1.82) is 0 Å². The second-order valence-corrected chi connectivity index (χ2v) is 8.15. The highest BCUT2D eigenvalue weighted by atomic mass is 32.2. The number of aliphatic carboxylic acids is 2. The maximum Gasteiger partial charge on any atom is 0.303 e. The molecule has 1 aromatic rings. The number of rotatable bonds is 14. The summed E-state index contributed by atoms with van der Waals surface area (Å²) in [5, 5.41) is 17.4. The number of carboxylic acid groups (broad SMARTS) is 2. The molecule has 0 amide bonds. The fourth-order valence-electron chi connectivity index (χ4n) is 3.08. The topological polar surface area (TPSA) is 129 Å². The summed E-state index contributed by atoms with van der Waals surface area (Å²) in [4.78, 5) is 21.0. The Balaban J connectivity index is 2.61. The zero-order valence-corrected chi connectivity index (χ0v) is 16.2. The van der Waals surface area contributed by atoms with Gasteiger partial charge in [-0.05, 0) is 49.3 Å². The number of hydrogen-bond donors (Lipinski definition) is 3. The van der Waals surface area contributed by atoms with Gasteiger partial charge in [0.25, 0.3) is 10.1 Å². The number of hydrogen-bond acceptors (Lipinski definition) is 4. The van der Waals surface area contributed by atoms with Crippen LogP contribution in [0.2, 0.25) is 0 Å². The molecule has 0 spiro atoms. The first-order chi connectivity index (χ1) is 12.7. The molecule has 7 nitrogen and oxygen atoms in total. The van der Waals surface area contributed by atoms with E-state index in [1.807, 2.05) is 0 Å². The molecule has 0 aliphatic heterocycles. The van der Waals surface area contributed by atoms with Crippen molar-refractivity contribution >= 4 is 22.1 Å². The molecule has 1 aromatic carbocycles. The van der Waals surface area contributed by atoms with Gasteiger partial charge in [0.1, 0.15) is 0 Å². The van der Waals surface area contributed by atoms with E-state index in [1.165, 1.54) is 12.1 Å². The highest BCUT2D eigenvalue weighted by Gasteiger charge is 2.14. The van der Waals surface area contributed by atoms with Gasteiger partial charge >= 0.3 is 11.9 Å². The quantitative estimate of drug-likeness (QED) is 0.317. The van der Waals surface area contributed by atoms with E-state index in [0.29, 0.717) is 12.8 Å². The van der Waals surface area contributed by atoms with Crippen molar-refractivity contribution in [3.63, 3.8) is 0 Å². The number of unbranched alkanes of at least 4 members (excludes halogenated alkanes) is 4. The third-order valence-corrected chi connectivity index (χ3v) is 5.40. The van der Waals surface area contributed by atoms with Crippen molar-refractivity contribution in [2.45, 2.75) is 75.0 Å². The van der Waals surface area contributed by atoms with Crippen LogP contribution < -0.4 is 0 Å². The Morgan fingerprint density at radius 1 is 0.778 bits per heavy atom. The van der Waals surface area contributed by atoms with Crippen molar-refractivity contribution in [3.8, 4) is 0 Å². The molecule has 1 atom stereocenters. The van der Waals surface area contributed by atoms with E-state index in [4.69, 9.17) is 14.8 Å². The lowest BCUT2D eigenvalue weighted by molar-refractivity contribution is -0.138. The Labute approximate surface area is 160 Å².